The van der Waals surface area contributed by atoms with Gasteiger partial charge in [0.05, 0.1) is 27.9 Å². The second kappa shape index (κ2) is 10.3. The fourth-order valence-corrected chi connectivity index (χ4v) is 4.54. The minimum absolute atomic E-state index is 0.0483. The number of nitrogen functional groups attached to an aromatic ring is 1. The van der Waals surface area contributed by atoms with E-state index in [4.69, 9.17) is 10.5 Å². The maximum atomic E-state index is 15.4. The van der Waals surface area contributed by atoms with Crippen LogP contribution < -0.4 is 15.8 Å². The number of fused-ring (bicyclic) bond motifs is 1. The van der Waals surface area contributed by atoms with E-state index in [-0.39, 0.29) is 29.0 Å². The third-order valence-corrected chi connectivity index (χ3v) is 6.40. The summed E-state index contributed by atoms with van der Waals surface area (Å²) in [5.41, 5.74) is 10.2. The van der Waals surface area contributed by atoms with E-state index in [1.807, 2.05) is 4.57 Å². The molecule has 0 aliphatic heterocycles. The van der Waals surface area contributed by atoms with Crippen LogP contribution in [-0.2, 0) is 11.8 Å². The molecule has 0 saturated heterocycles. The molecule has 3 N–H and O–H groups in total. The van der Waals surface area contributed by atoms with Crippen LogP contribution in [0, 0.1) is 29.9 Å². The second-order valence-electron chi connectivity index (χ2n) is 8.91. The van der Waals surface area contributed by atoms with E-state index in [1.165, 1.54) is 43.5 Å². The predicted octanol–water partition coefficient (Wildman–Crippen LogP) is 6.26. The van der Waals surface area contributed by atoms with Gasteiger partial charge in [-0.1, -0.05) is 24.8 Å². The van der Waals surface area contributed by atoms with E-state index in [1.54, 1.807) is 37.4 Å². The van der Waals surface area contributed by atoms with E-state index in [2.05, 4.69) is 27.9 Å². The van der Waals surface area contributed by atoms with E-state index < -0.39 is 11.6 Å². The highest BCUT2D eigenvalue weighted by Gasteiger charge is 2.24. The Kier molecular flexibility index (Phi) is 6.71. The van der Waals surface area contributed by atoms with Crippen LogP contribution in [0.15, 0.2) is 73.4 Å². The third kappa shape index (κ3) is 4.61. The first-order valence-electron chi connectivity index (χ1n) is 12.0. The SMILES string of the molecule is C=CC(=O)Nc1ccc(-c2c(-c3ccc(Oc4ccc(F)c(C)n4)c(F)c3)c3c(N)ncc(C#N)c3n2C)cc1. The number of nitrogens with one attached hydrogen (secondary N) is 1. The molecule has 0 saturated carbocycles. The largest absolute Gasteiger partial charge is 0.436 e. The smallest absolute Gasteiger partial charge is 0.247 e. The lowest BCUT2D eigenvalue weighted by Crippen LogP contribution is -2.06. The topological polar surface area (TPSA) is 119 Å². The van der Waals surface area contributed by atoms with Gasteiger partial charge in [-0.15, -0.1) is 0 Å². The molecular weight excluding hydrogens is 514 g/mol. The molecule has 0 bridgehead atoms. The number of nitrogens with zero attached hydrogens (tertiary/aromatic N) is 4. The van der Waals surface area contributed by atoms with Gasteiger partial charge >= 0.3 is 0 Å². The molecule has 0 unspecified atom stereocenters. The van der Waals surface area contributed by atoms with Gasteiger partial charge in [0.1, 0.15) is 17.7 Å². The zero-order valence-corrected chi connectivity index (χ0v) is 21.5. The highest BCUT2D eigenvalue weighted by molar-refractivity contribution is 6.10. The van der Waals surface area contributed by atoms with Crippen LogP contribution in [-0.4, -0.2) is 20.4 Å². The van der Waals surface area contributed by atoms with Crippen molar-refractivity contribution in [2.75, 3.05) is 11.1 Å². The van der Waals surface area contributed by atoms with Gasteiger partial charge in [0.25, 0.3) is 0 Å². The Bertz CT molecular complexity index is 1860. The number of rotatable bonds is 6. The lowest BCUT2D eigenvalue weighted by atomic mass is 9.97. The van der Waals surface area contributed by atoms with Gasteiger partial charge in [0, 0.05) is 30.6 Å². The molecule has 1 amide bonds. The molecule has 0 aliphatic rings. The third-order valence-electron chi connectivity index (χ3n) is 6.40. The number of anilines is 2. The number of hydrogen-bond donors (Lipinski definition) is 2. The number of aromatic nitrogens is 3. The van der Waals surface area contributed by atoms with Crippen molar-refractivity contribution in [1.82, 2.24) is 14.5 Å². The fraction of sp³-hybridized carbons (Fsp3) is 0.0667. The summed E-state index contributed by atoms with van der Waals surface area (Å²) in [5, 5.41) is 13.0. The molecule has 0 spiro atoms. The minimum atomic E-state index is -0.685. The Balaban J connectivity index is 1.67. The summed E-state index contributed by atoms with van der Waals surface area (Å²) in [6, 6.07) is 16.1. The lowest BCUT2D eigenvalue weighted by molar-refractivity contribution is -0.111. The van der Waals surface area contributed by atoms with Gasteiger partial charge in [-0.25, -0.2) is 18.7 Å². The highest BCUT2D eigenvalue weighted by Crippen LogP contribution is 2.44. The maximum Gasteiger partial charge on any atom is 0.247 e. The van der Waals surface area contributed by atoms with Crippen molar-refractivity contribution in [2.24, 2.45) is 7.05 Å². The molecule has 0 atom stereocenters. The molecule has 0 aliphatic carbocycles. The summed E-state index contributed by atoms with van der Waals surface area (Å²) in [4.78, 5) is 19.9. The zero-order chi connectivity index (χ0) is 28.6. The van der Waals surface area contributed by atoms with Gasteiger partial charge in [-0.2, -0.15) is 5.26 Å². The number of carbonyl (C=O) groups excluding carboxylic acids is 1. The van der Waals surface area contributed by atoms with Crippen molar-refractivity contribution in [3.05, 3.63) is 96.3 Å². The quantitative estimate of drug-likeness (QED) is 0.247. The van der Waals surface area contributed by atoms with Crippen LogP contribution in [0.2, 0.25) is 0 Å². The van der Waals surface area contributed by atoms with Crippen LogP contribution in [0.4, 0.5) is 20.3 Å². The molecule has 0 fully saturated rings. The average molecular weight is 537 g/mol. The van der Waals surface area contributed by atoms with Crippen molar-refractivity contribution in [3.8, 4) is 40.1 Å². The molecule has 40 heavy (non-hydrogen) atoms. The van der Waals surface area contributed by atoms with Crippen LogP contribution in [0.3, 0.4) is 0 Å². The van der Waals surface area contributed by atoms with Crippen LogP contribution in [0.25, 0.3) is 33.3 Å². The number of hydrogen-bond acceptors (Lipinski definition) is 6. The Hall–Kier alpha value is -5.56. The van der Waals surface area contributed by atoms with Gasteiger partial charge in [0.15, 0.2) is 11.6 Å². The van der Waals surface area contributed by atoms with E-state index in [9.17, 15) is 14.4 Å². The number of benzene rings is 2. The molecule has 10 heteroatoms. The summed E-state index contributed by atoms with van der Waals surface area (Å²) >= 11 is 0. The molecule has 198 valence electrons. The number of ether oxygens (including phenoxy) is 1. The van der Waals surface area contributed by atoms with Crippen molar-refractivity contribution in [2.45, 2.75) is 6.92 Å². The Morgan fingerprint density at radius 2 is 1.85 bits per heavy atom. The Morgan fingerprint density at radius 3 is 2.50 bits per heavy atom. The minimum Gasteiger partial charge on any atom is -0.436 e. The first-order chi connectivity index (χ1) is 19.2. The number of halogens is 2. The Morgan fingerprint density at radius 1 is 1.12 bits per heavy atom. The average Bonchev–Trinajstić information content (AvgIpc) is 3.26. The van der Waals surface area contributed by atoms with E-state index in [0.717, 1.165) is 5.56 Å². The van der Waals surface area contributed by atoms with Crippen molar-refractivity contribution in [3.63, 3.8) is 0 Å². The first-order valence-corrected chi connectivity index (χ1v) is 12.0. The second-order valence-corrected chi connectivity index (χ2v) is 8.91. The van der Waals surface area contributed by atoms with Crippen molar-refractivity contribution in [1.29, 1.82) is 5.26 Å². The normalized spacial score (nSPS) is 10.8. The Labute approximate surface area is 228 Å². The first kappa shape index (κ1) is 26.1. The number of pyridine rings is 2. The summed E-state index contributed by atoms with van der Waals surface area (Å²) < 4.78 is 36.4. The van der Waals surface area contributed by atoms with Gasteiger partial charge in [-0.05, 0) is 54.5 Å². The summed E-state index contributed by atoms with van der Waals surface area (Å²) in [6.45, 7) is 4.94. The van der Waals surface area contributed by atoms with E-state index in [0.29, 0.717) is 39.0 Å². The monoisotopic (exact) mass is 536 g/mol. The predicted molar refractivity (Wildman–Crippen MR) is 149 cm³/mol. The molecule has 3 heterocycles. The van der Waals surface area contributed by atoms with Crippen LogP contribution in [0.5, 0.6) is 11.6 Å². The zero-order valence-electron chi connectivity index (χ0n) is 21.5. The van der Waals surface area contributed by atoms with Gasteiger partial charge in [0.2, 0.25) is 11.8 Å². The summed E-state index contributed by atoms with van der Waals surface area (Å²) in [6.07, 6.45) is 2.57. The molecule has 5 rings (SSSR count). The fourth-order valence-electron chi connectivity index (χ4n) is 4.54. The van der Waals surface area contributed by atoms with Crippen LogP contribution >= 0.6 is 0 Å². The molecular formula is C30H22F2N6O2. The van der Waals surface area contributed by atoms with E-state index >= 15 is 4.39 Å². The number of nitriles is 1. The number of amides is 1. The van der Waals surface area contributed by atoms with Crippen molar-refractivity contribution < 1.29 is 18.3 Å². The summed E-state index contributed by atoms with van der Waals surface area (Å²) in [5.74, 6) is -1.41. The molecule has 3 aromatic heterocycles. The molecule has 8 nitrogen and oxygen atoms in total. The highest BCUT2D eigenvalue weighted by atomic mass is 19.1. The number of carbonyl (C=O) groups is 1. The lowest BCUT2D eigenvalue weighted by Gasteiger charge is -2.12. The number of nitrogens with two attached hydrogens (primary N) is 1. The number of aryl methyl sites for hydroxylation is 2. The molecule has 5 aromatic rings. The molecule has 2 aromatic carbocycles. The van der Waals surface area contributed by atoms with Gasteiger partial charge in [-0.3, -0.25) is 4.79 Å². The van der Waals surface area contributed by atoms with Crippen LogP contribution in [0.1, 0.15) is 11.3 Å². The molecule has 0 radical (unpaired) electrons. The standard InChI is InChI=1S/C30H22F2N6O2/c1-4-24(39)37-20-8-5-17(6-9-20)28-26(27-29(38(28)3)19(14-33)15-35-30(27)34)18-7-11-23(22(32)13-18)40-25-12-10-21(31)16(2)36-25/h4-13,15H,1H2,2-3H3,(H2,34,35)(H,37,39). The summed E-state index contributed by atoms with van der Waals surface area (Å²) in [7, 11) is 1.78. The van der Waals surface area contributed by atoms with Crippen molar-refractivity contribution >= 4 is 28.3 Å². The maximum absolute atomic E-state index is 15.4. The van der Waals surface area contributed by atoms with Gasteiger partial charge < -0.3 is 20.4 Å².